The molecule has 0 N–H and O–H groups in total. The van der Waals surface area contributed by atoms with Crippen molar-refractivity contribution < 1.29 is 14.3 Å². The number of methoxy groups -OCH3 is 1. The minimum absolute atomic E-state index is 0.0888. The van der Waals surface area contributed by atoms with Gasteiger partial charge in [0.2, 0.25) is 0 Å². The Morgan fingerprint density at radius 1 is 1.44 bits per heavy atom. The molecule has 0 spiro atoms. The van der Waals surface area contributed by atoms with E-state index >= 15 is 0 Å². The maximum Gasteiger partial charge on any atom is 0.339 e. The zero-order valence-corrected chi connectivity index (χ0v) is 10.4. The summed E-state index contributed by atoms with van der Waals surface area (Å²) >= 11 is 0. The summed E-state index contributed by atoms with van der Waals surface area (Å²) in [7, 11) is 1.33. The predicted molar refractivity (Wildman–Crippen MR) is 65.6 cm³/mol. The summed E-state index contributed by atoms with van der Waals surface area (Å²) in [5.74, 6) is 0.0140. The normalized spacial score (nSPS) is 16.5. The first-order valence-electron chi connectivity index (χ1n) is 6.07. The van der Waals surface area contributed by atoms with Gasteiger partial charge in [0.1, 0.15) is 0 Å². The lowest BCUT2D eigenvalue weighted by atomic mass is 10.0. The maximum absolute atomic E-state index is 11.7. The van der Waals surface area contributed by atoms with Crippen LogP contribution < -0.4 is 5.56 Å². The first kappa shape index (κ1) is 12.8. The van der Waals surface area contributed by atoms with E-state index in [1.165, 1.54) is 19.2 Å². The average Bonchev–Trinajstić information content (AvgIpc) is 2.41. The van der Waals surface area contributed by atoms with Crippen LogP contribution in [0.1, 0.15) is 23.2 Å². The van der Waals surface area contributed by atoms with Gasteiger partial charge in [-0.05, 0) is 24.8 Å². The second-order valence-electron chi connectivity index (χ2n) is 4.46. The van der Waals surface area contributed by atoms with Crippen molar-refractivity contribution in [3.63, 3.8) is 0 Å². The monoisotopic (exact) mass is 251 g/mol. The number of ether oxygens (including phenoxy) is 2. The van der Waals surface area contributed by atoms with Crippen LogP contribution >= 0.6 is 0 Å². The number of nitrogens with zero attached hydrogens (tertiary/aromatic N) is 1. The number of esters is 1. The van der Waals surface area contributed by atoms with Crippen LogP contribution in [0.25, 0.3) is 0 Å². The molecule has 0 aliphatic carbocycles. The number of rotatable bonds is 3. The third-order valence-corrected chi connectivity index (χ3v) is 3.20. The molecular formula is C13H17NO4. The molecule has 1 saturated heterocycles. The SMILES string of the molecule is COC(=O)c1ccc(=O)n(CC2CCOCC2)c1. The summed E-state index contributed by atoms with van der Waals surface area (Å²) in [6.07, 6.45) is 3.48. The molecule has 98 valence electrons. The molecule has 1 aliphatic heterocycles. The smallest absolute Gasteiger partial charge is 0.339 e. The van der Waals surface area contributed by atoms with E-state index in [4.69, 9.17) is 4.74 Å². The highest BCUT2D eigenvalue weighted by Gasteiger charge is 2.15. The van der Waals surface area contributed by atoms with Gasteiger partial charge in [-0.15, -0.1) is 0 Å². The molecule has 1 aromatic rings. The molecule has 0 radical (unpaired) electrons. The lowest BCUT2D eigenvalue weighted by molar-refractivity contribution is 0.0586. The molecule has 1 aromatic heterocycles. The summed E-state index contributed by atoms with van der Waals surface area (Å²) in [6, 6.07) is 2.90. The summed E-state index contributed by atoms with van der Waals surface area (Å²) in [5.41, 5.74) is 0.318. The Morgan fingerprint density at radius 2 is 2.17 bits per heavy atom. The standard InChI is InChI=1S/C13H17NO4/c1-17-13(16)11-2-3-12(15)14(9-11)8-10-4-6-18-7-5-10/h2-3,9-10H,4-8H2,1H3. The zero-order chi connectivity index (χ0) is 13.0. The van der Waals surface area contributed by atoms with E-state index in [1.54, 1.807) is 10.8 Å². The van der Waals surface area contributed by atoms with Gasteiger partial charge >= 0.3 is 5.97 Å². The van der Waals surface area contributed by atoms with Gasteiger partial charge in [0, 0.05) is 32.0 Å². The van der Waals surface area contributed by atoms with Crippen LogP contribution in [0.4, 0.5) is 0 Å². The summed E-state index contributed by atoms with van der Waals surface area (Å²) in [5, 5.41) is 0. The summed E-state index contributed by atoms with van der Waals surface area (Å²) < 4.78 is 11.5. The van der Waals surface area contributed by atoms with Gasteiger partial charge in [0.25, 0.3) is 5.56 Å². The Bertz CT molecular complexity index is 474. The number of carbonyl (C=O) groups is 1. The van der Waals surface area contributed by atoms with E-state index < -0.39 is 5.97 Å². The molecule has 0 unspecified atom stereocenters. The van der Waals surface area contributed by atoms with Crippen molar-refractivity contribution in [2.24, 2.45) is 5.92 Å². The number of hydrogen-bond donors (Lipinski definition) is 0. The first-order chi connectivity index (χ1) is 8.70. The van der Waals surface area contributed by atoms with Crippen LogP contribution in [0, 0.1) is 5.92 Å². The van der Waals surface area contributed by atoms with E-state index in [9.17, 15) is 9.59 Å². The Morgan fingerprint density at radius 3 is 2.83 bits per heavy atom. The van der Waals surface area contributed by atoms with Gasteiger partial charge in [-0.1, -0.05) is 0 Å². The molecule has 0 atom stereocenters. The third-order valence-electron chi connectivity index (χ3n) is 3.20. The molecular weight excluding hydrogens is 234 g/mol. The maximum atomic E-state index is 11.7. The molecule has 5 nitrogen and oxygen atoms in total. The number of aromatic nitrogens is 1. The largest absolute Gasteiger partial charge is 0.465 e. The van der Waals surface area contributed by atoms with E-state index in [2.05, 4.69) is 4.74 Å². The third kappa shape index (κ3) is 2.98. The van der Waals surface area contributed by atoms with Crippen LogP contribution in [-0.2, 0) is 16.0 Å². The van der Waals surface area contributed by atoms with Crippen LogP contribution in [0.15, 0.2) is 23.1 Å². The highest BCUT2D eigenvalue weighted by molar-refractivity contribution is 5.88. The predicted octanol–water partition coefficient (Wildman–Crippen LogP) is 1.06. The minimum Gasteiger partial charge on any atom is -0.465 e. The van der Waals surface area contributed by atoms with Crippen molar-refractivity contribution in [3.8, 4) is 0 Å². The van der Waals surface area contributed by atoms with E-state index in [1.807, 2.05) is 0 Å². The van der Waals surface area contributed by atoms with Gasteiger partial charge in [-0.3, -0.25) is 4.79 Å². The summed E-state index contributed by atoms with van der Waals surface area (Å²) in [6.45, 7) is 2.12. The van der Waals surface area contributed by atoms with E-state index in [0.717, 1.165) is 26.1 Å². The fraction of sp³-hybridized carbons (Fsp3) is 0.538. The van der Waals surface area contributed by atoms with Gasteiger partial charge in [0.05, 0.1) is 12.7 Å². The van der Waals surface area contributed by atoms with Crippen molar-refractivity contribution in [1.29, 1.82) is 0 Å². The lowest BCUT2D eigenvalue weighted by Gasteiger charge is -2.22. The average molecular weight is 251 g/mol. The second-order valence-corrected chi connectivity index (χ2v) is 4.46. The molecule has 1 aliphatic rings. The molecule has 1 fully saturated rings. The lowest BCUT2D eigenvalue weighted by Crippen LogP contribution is -2.27. The van der Waals surface area contributed by atoms with Gasteiger partial charge in [-0.2, -0.15) is 0 Å². The topological polar surface area (TPSA) is 57.5 Å². The van der Waals surface area contributed by atoms with Crippen molar-refractivity contribution in [3.05, 3.63) is 34.2 Å². The van der Waals surface area contributed by atoms with E-state index in [-0.39, 0.29) is 5.56 Å². The number of hydrogen-bond acceptors (Lipinski definition) is 4. The van der Waals surface area contributed by atoms with Crippen molar-refractivity contribution in [2.45, 2.75) is 19.4 Å². The van der Waals surface area contributed by atoms with Crippen molar-refractivity contribution in [2.75, 3.05) is 20.3 Å². The number of pyridine rings is 1. The van der Waals surface area contributed by atoms with Crippen LogP contribution in [0.2, 0.25) is 0 Å². The molecule has 2 heterocycles. The Labute approximate surface area is 105 Å². The summed E-state index contributed by atoms with van der Waals surface area (Å²) in [4.78, 5) is 23.1. The molecule has 0 saturated carbocycles. The zero-order valence-electron chi connectivity index (χ0n) is 10.4. The van der Waals surface area contributed by atoms with Crippen LogP contribution in [0.3, 0.4) is 0 Å². The van der Waals surface area contributed by atoms with Gasteiger partial charge in [0.15, 0.2) is 0 Å². The molecule has 5 heteroatoms. The van der Waals surface area contributed by atoms with Crippen LogP contribution in [-0.4, -0.2) is 30.9 Å². The fourth-order valence-corrected chi connectivity index (χ4v) is 2.12. The molecule has 0 bridgehead atoms. The quantitative estimate of drug-likeness (QED) is 0.754. The van der Waals surface area contributed by atoms with Gasteiger partial charge < -0.3 is 14.0 Å². The highest BCUT2D eigenvalue weighted by Crippen LogP contribution is 2.16. The Kier molecular flexibility index (Phi) is 4.15. The highest BCUT2D eigenvalue weighted by atomic mass is 16.5. The Hall–Kier alpha value is -1.62. The van der Waals surface area contributed by atoms with Crippen LogP contribution in [0.5, 0.6) is 0 Å². The van der Waals surface area contributed by atoms with Gasteiger partial charge in [-0.25, -0.2) is 4.79 Å². The first-order valence-corrected chi connectivity index (χ1v) is 6.07. The Balaban J connectivity index is 2.15. The van der Waals surface area contributed by atoms with Crippen molar-refractivity contribution in [1.82, 2.24) is 4.57 Å². The minimum atomic E-state index is -0.421. The molecule has 2 rings (SSSR count). The van der Waals surface area contributed by atoms with Crippen molar-refractivity contribution >= 4 is 5.97 Å². The molecule has 0 aromatic carbocycles. The fourth-order valence-electron chi connectivity index (χ4n) is 2.12. The second kappa shape index (κ2) is 5.82. The van der Waals surface area contributed by atoms with E-state index in [0.29, 0.717) is 18.0 Å². The number of carbonyl (C=O) groups excluding carboxylic acids is 1. The molecule has 0 amide bonds. The molecule has 18 heavy (non-hydrogen) atoms.